The van der Waals surface area contributed by atoms with E-state index in [2.05, 4.69) is 5.32 Å². The van der Waals surface area contributed by atoms with E-state index in [1.807, 2.05) is 0 Å². The lowest BCUT2D eigenvalue weighted by Crippen LogP contribution is -2.18. The number of carbonyl (C=O) groups is 2. The Kier molecular flexibility index (Phi) is 4.19. The standard InChI is InChI=1S/C11H10ClNO3/c1-7(14)6-11(16)13-9-4-2-8(12)3-5-10(9)15/h2-5H,6H2,1H3,(H,13,15,16). The Labute approximate surface area is 97.2 Å². The predicted octanol–water partition coefficient (Wildman–Crippen LogP) is 1.62. The maximum atomic E-state index is 11.4. The SMILES string of the molecule is CC(=O)CC(=O)Nc1ccc(Cl)ccc1=O. The van der Waals surface area contributed by atoms with E-state index in [0.29, 0.717) is 5.02 Å². The van der Waals surface area contributed by atoms with Crippen LogP contribution in [0.25, 0.3) is 0 Å². The largest absolute Gasteiger partial charge is 0.322 e. The number of ketones is 1. The number of hydrogen-bond donors (Lipinski definition) is 1. The molecular formula is C11H10ClNO3. The summed E-state index contributed by atoms with van der Waals surface area (Å²) >= 11 is 5.68. The molecule has 0 fully saturated rings. The Bertz CT molecular complexity index is 485. The van der Waals surface area contributed by atoms with Gasteiger partial charge < -0.3 is 5.32 Å². The molecule has 0 heterocycles. The molecule has 1 aromatic rings. The van der Waals surface area contributed by atoms with Gasteiger partial charge in [0.15, 0.2) is 0 Å². The van der Waals surface area contributed by atoms with Gasteiger partial charge in [-0.05, 0) is 31.2 Å². The van der Waals surface area contributed by atoms with Crippen LogP contribution in [0, 0.1) is 0 Å². The minimum Gasteiger partial charge on any atom is -0.322 e. The molecule has 4 nitrogen and oxygen atoms in total. The van der Waals surface area contributed by atoms with Gasteiger partial charge in [0.25, 0.3) is 0 Å². The fraction of sp³-hybridized carbons (Fsp3) is 0.182. The van der Waals surface area contributed by atoms with Crippen molar-refractivity contribution in [3.8, 4) is 0 Å². The van der Waals surface area contributed by atoms with E-state index in [-0.39, 0.29) is 23.3 Å². The molecule has 1 rings (SSSR count). The van der Waals surface area contributed by atoms with Crippen molar-refractivity contribution in [3.05, 3.63) is 39.5 Å². The van der Waals surface area contributed by atoms with Crippen LogP contribution in [0.2, 0.25) is 5.02 Å². The summed E-state index contributed by atoms with van der Waals surface area (Å²) in [6, 6.07) is 5.59. The second-order valence-electron chi connectivity index (χ2n) is 3.26. The molecule has 1 aromatic carbocycles. The molecule has 0 atom stereocenters. The maximum absolute atomic E-state index is 11.4. The van der Waals surface area contributed by atoms with E-state index >= 15 is 0 Å². The second kappa shape index (κ2) is 5.42. The zero-order valence-corrected chi connectivity index (χ0v) is 9.38. The summed E-state index contributed by atoms with van der Waals surface area (Å²) < 4.78 is 0. The number of carbonyl (C=O) groups excluding carboxylic acids is 2. The third-order valence-corrected chi connectivity index (χ3v) is 2.00. The summed E-state index contributed by atoms with van der Waals surface area (Å²) in [7, 11) is 0. The van der Waals surface area contributed by atoms with Crippen molar-refractivity contribution in [1.29, 1.82) is 0 Å². The molecule has 0 radical (unpaired) electrons. The Morgan fingerprint density at radius 1 is 1.25 bits per heavy atom. The minimum atomic E-state index is -0.507. The van der Waals surface area contributed by atoms with Gasteiger partial charge in [0.2, 0.25) is 11.3 Å². The molecule has 16 heavy (non-hydrogen) atoms. The van der Waals surface area contributed by atoms with Crippen LogP contribution in [0.1, 0.15) is 13.3 Å². The molecule has 84 valence electrons. The normalized spacial score (nSPS) is 9.62. The summed E-state index contributed by atoms with van der Waals surface area (Å²) in [4.78, 5) is 33.4. The lowest BCUT2D eigenvalue weighted by molar-refractivity contribution is -0.124. The molecule has 0 aliphatic carbocycles. The topological polar surface area (TPSA) is 63.2 Å². The Morgan fingerprint density at radius 2 is 1.88 bits per heavy atom. The van der Waals surface area contributed by atoms with Gasteiger partial charge in [-0.15, -0.1) is 0 Å². The van der Waals surface area contributed by atoms with Gasteiger partial charge in [-0.25, -0.2) is 0 Å². The second-order valence-corrected chi connectivity index (χ2v) is 3.69. The molecule has 1 N–H and O–H groups in total. The lowest BCUT2D eigenvalue weighted by Gasteiger charge is -1.99. The quantitative estimate of drug-likeness (QED) is 0.816. The van der Waals surface area contributed by atoms with Gasteiger partial charge in [0.1, 0.15) is 5.78 Å². The first-order valence-electron chi connectivity index (χ1n) is 4.58. The summed E-state index contributed by atoms with van der Waals surface area (Å²) in [5.41, 5.74) is -0.248. The first-order chi connectivity index (χ1) is 7.49. The van der Waals surface area contributed by atoms with E-state index in [4.69, 9.17) is 11.6 Å². The molecule has 0 unspecified atom stereocenters. The zero-order valence-electron chi connectivity index (χ0n) is 8.62. The molecule has 0 aromatic heterocycles. The summed E-state index contributed by atoms with van der Waals surface area (Å²) in [6.45, 7) is 1.31. The van der Waals surface area contributed by atoms with Crippen molar-refractivity contribution >= 4 is 29.0 Å². The Morgan fingerprint density at radius 3 is 2.50 bits per heavy atom. The van der Waals surface area contributed by atoms with Crippen molar-refractivity contribution in [2.24, 2.45) is 0 Å². The fourth-order valence-electron chi connectivity index (χ4n) is 1.07. The van der Waals surface area contributed by atoms with Crippen LogP contribution in [0.3, 0.4) is 0 Å². The first kappa shape index (κ1) is 12.4. The number of rotatable bonds is 3. The highest BCUT2D eigenvalue weighted by Gasteiger charge is 2.06. The number of nitrogens with one attached hydrogen (secondary N) is 1. The highest BCUT2D eigenvalue weighted by molar-refractivity contribution is 6.30. The van der Waals surface area contributed by atoms with Gasteiger partial charge in [-0.3, -0.25) is 14.4 Å². The molecular weight excluding hydrogens is 230 g/mol. The summed E-state index contributed by atoms with van der Waals surface area (Å²) in [5.74, 6) is -0.768. The molecule has 0 saturated carbocycles. The van der Waals surface area contributed by atoms with Crippen molar-refractivity contribution in [2.75, 3.05) is 5.32 Å². The molecule has 0 spiro atoms. The van der Waals surface area contributed by atoms with E-state index in [0.717, 1.165) is 0 Å². The highest BCUT2D eigenvalue weighted by Crippen LogP contribution is 2.07. The molecule has 0 bridgehead atoms. The van der Waals surface area contributed by atoms with Gasteiger partial charge >= 0.3 is 0 Å². The average Bonchev–Trinajstić information content (AvgIpc) is 2.32. The van der Waals surface area contributed by atoms with Crippen LogP contribution in [0.5, 0.6) is 0 Å². The van der Waals surface area contributed by atoms with E-state index in [1.165, 1.54) is 31.2 Å². The molecule has 0 aliphatic rings. The van der Waals surface area contributed by atoms with Gasteiger partial charge in [-0.2, -0.15) is 0 Å². The number of halogens is 1. The minimum absolute atomic E-state index is 0.109. The van der Waals surface area contributed by atoms with Crippen LogP contribution in [-0.4, -0.2) is 11.7 Å². The molecule has 1 amide bonds. The smallest absolute Gasteiger partial charge is 0.231 e. The highest BCUT2D eigenvalue weighted by atomic mass is 35.5. The number of hydrogen-bond acceptors (Lipinski definition) is 3. The monoisotopic (exact) mass is 239 g/mol. The van der Waals surface area contributed by atoms with Gasteiger partial charge in [0, 0.05) is 5.02 Å². The third-order valence-electron chi connectivity index (χ3n) is 1.75. The molecule has 5 heteroatoms. The van der Waals surface area contributed by atoms with Crippen molar-refractivity contribution in [1.82, 2.24) is 0 Å². The molecule has 0 saturated heterocycles. The van der Waals surface area contributed by atoms with Crippen molar-refractivity contribution in [3.63, 3.8) is 0 Å². The summed E-state index contributed by atoms with van der Waals surface area (Å²) in [5, 5.41) is 2.75. The fourth-order valence-corrected chi connectivity index (χ4v) is 1.20. The number of Topliss-reactive ketones (excluding diaryl/α,β-unsaturated/α-hetero) is 1. The predicted molar refractivity (Wildman–Crippen MR) is 61.6 cm³/mol. The van der Waals surface area contributed by atoms with Crippen molar-refractivity contribution < 1.29 is 9.59 Å². The van der Waals surface area contributed by atoms with Crippen LogP contribution >= 0.6 is 11.6 Å². The maximum Gasteiger partial charge on any atom is 0.231 e. The first-order valence-corrected chi connectivity index (χ1v) is 4.96. The Hall–Kier alpha value is -1.68. The van der Waals surface area contributed by atoms with Crippen molar-refractivity contribution in [2.45, 2.75) is 13.3 Å². The number of amides is 1. The lowest BCUT2D eigenvalue weighted by atomic mass is 10.3. The van der Waals surface area contributed by atoms with Crippen LogP contribution < -0.4 is 10.7 Å². The van der Waals surface area contributed by atoms with Crippen LogP contribution in [0.15, 0.2) is 29.1 Å². The van der Waals surface area contributed by atoms with E-state index < -0.39 is 5.91 Å². The third kappa shape index (κ3) is 3.82. The van der Waals surface area contributed by atoms with E-state index in [9.17, 15) is 14.4 Å². The molecule has 0 aliphatic heterocycles. The Balaban J connectivity index is 2.90. The van der Waals surface area contributed by atoms with E-state index in [1.54, 1.807) is 0 Å². The summed E-state index contributed by atoms with van der Waals surface area (Å²) in [6.07, 6.45) is -0.244. The van der Waals surface area contributed by atoms with Gasteiger partial charge in [-0.1, -0.05) is 11.6 Å². The zero-order chi connectivity index (χ0) is 12.1. The average molecular weight is 240 g/mol. The van der Waals surface area contributed by atoms with Crippen LogP contribution in [0.4, 0.5) is 5.69 Å². The number of anilines is 1. The van der Waals surface area contributed by atoms with Crippen LogP contribution in [-0.2, 0) is 9.59 Å². The van der Waals surface area contributed by atoms with Gasteiger partial charge in [0.05, 0.1) is 12.1 Å².